The molecular weight excluding hydrogens is 404 g/mol. The Morgan fingerprint density at radius 3 is 2.62 bits per heavy atom. The molecule has 0 bridgehead atoms. The first-order valence-electron chi connectivity index (χ1n) is 11.2. The van der Waals surface area contributed by atoms with Crippen LogP contribution in [0.2, 0.25) is 0 Å². The third-order valence-corrected chi connectivity index (χ3v) is 5.73. The standard InChI is InChI=1S/C25H32N4O3/c1-17(2)16-29(22-8-10-32-11-9-22)24-7-4-19(18(3)12-25(30)31)13-23(24)28-21-6-5-20(14-26)27-15-21/h4-7,13,15,17-18,22,28H,8-12,16H2,1-3H3,(H,30,31)/t18-/m1/s1. The predicted molar refractivity (Wildman–Crippen MR) is 125 cm³/mol. The number of hydrogen-bond acceptors (Lipinski definition) is 6. The summed E-state index contributed by atoms with van der Waals surface area (Å²) in [7, 11) is 0. The molecule has 1 fully saturated rings. The van der Waals surface area contributed by atoms with Crippen molar-refractivity contribution in [2.24, 2.45) is 5.92 Å². The van der Waals surface area contributed by atoms with E-state index in [0.29, 0.717) is 17.7 Å². The fraction of sp³-hybridized carbons (Fsp3) is 0.480. The average Bonchev–Trinajstić information content (AvgIpc) is 2.78. The van der Waals surface area contributed by atoms with Crippen molar-refractivity contribution in [2.75, 3.05) is 30.0 Å². The molecule has 0 saturated carbocycles. The van der Waals surface area contributed by atoms with Gasteiger partial charge in [-0.3, -0.25) is 4.79 Å². The molecule has 0 unspecified atom stereocenters. The molecule has 1 aliphatic rings. The number of carbonyl (C=O) groups is 1. The second-order valence-electron chi connectivity index (χ2n) is 8.83. The van der Waals surface area contributed by atoms with Gasteiger partial charge < -0.3 is 20.1 Å². The quantitative estimate of drug-likeness (QED) is 0.576. The average molecular weight is 437 g/mol. The molecule has 1 atom stereocenters. The van der Waals surface area contributed by atoms with Gasteiger partial charge in [0, 0.05) is 25.8 Å². The van der Waals surface area contributed by atoms with Crippen LogP contribution in [-0.4, -0.2) is 41.9 Å². The molecule has 0 spiro atoms. The maximum absolute atomic E-state index is 11.3. The molecule has 7 heteroatoms. The predicted octanol–water partition coefficient (Wildman–Crippen LogP) is 4.92. The van der Waals surface area contributed by atoms with Crippen molar-refractivity contribution in [2.45, 2.75) is 52.0 Å². The van der Waals surface area contributed by atoms with Crippen LogP contribution in [0.3, 0.4) is 0 Å². The monoisotopic (exact) mass is 436 g/mol. The Kier molecular flexibility index (Phi) is 8.07. The van der Waals surface area contributed by atoms with Gasteiger partial charge in [-0.05, 0) is 54.5 Å². The molecule has 7 nitrogen and oxygen atoms in total. The molecule has 3 rings (SSSR count). The van der Waals surface area contributed by atoms with Crippen LogP contribution in [0.4, 0.5) is 17.1 Å². The van der Waals surface area contributed by atoms with E-state index >= 15 is 0 Å². The number of benzene rings is 1. The summed E-state index contributed by atoms with van der Waals surface area (Å²) in [6.07, 6.45) is 3.67. The maximum atomic E-state index is 11.3. The van der Waals surface area contributed by atoms with E-state index in [1.165, 1.54) is 0 Å². The minimum Gasteiger partial charge on any atom is -0.481 e. The Morgan fingerprint density at radius 1 is 1.28 bits per heavy atom. The van der Waals surface area contributed by atoms with E-state index in [9.17, 15) is 9.90 Å². The van der Waals surface area contributed by atoms with E-state index in [0.717, 1.165) is 55.2 Å². The summed E-state index contributed by atoms with van der Waals surface area (Å²) in [5.74, 6) is -0.438. The van der Waals surface area contributed by atoms with E-state index in [2.05, 4.69) is 35.1 Å². The van der Waals surface area contributed by atoms with Gasteiger partial charge in [-0.15, -0.1) is 0 Å². The van der Waals surface area contributed by atoms with Gasteiger partial charge in [0.25, 0.3) is 0 Å². The molecule has 1 aromatic carbocycles. The van der Waals surface area contributed by atoms with Gasteiger partial charge in [0.05, 0.1) is 29.7 Å². The molecule has 2 N–H and O–H groups in total. The number of hydrogen-bond donors (Lipinski definition) is 2. The normalized spacial score (nSPS) is 15.2. The molecule has 1 aromatic heterocycles. The molecule has 0 radical (unpaired) electrons. The van der Waals surface area contributed by atoms with Gasteiger partial charge in [0.15, 0.2) is 0 Å². The molecule has 2 aromatic rings. The highest BCUT2D eigenvalue weighted by atomic mass is 16.5. The number of nitrogens with zero attached hydrogens (tertiary/aromatic N) is 3. The molecule has 170 valence electrons. The number of carboxylic acids is 1. The Bertz CT molecular complexity index is 947. The van der Waals surface area contributed by atoms with Crippen LogP contribution >= 0.6 is 0 Å². The first kappa shape index (κ1) is 23.6. The third-order valence-electron chi connectivity index (χ3n) is 5.73. The van der Waals surface area contributed by atoms with Crippen LogP contribution in [0.1, 0.15) is 57.2 Å². The van der Waals surface area contributed by atoms with E-state index in [1.807, 2.05) is 31.2 Å². The number of aromatic nitrogens is 1. The summed E-state index contributed by atoms with van der Waals surface area (Å²) in [6.45, 7) is 8.79. The number of nitriles is 1. The molecule has 1 saturated heterocycles. The lowest BCUT2D eigenvalue weighted by Crippen LogP contribution is -2.42. The number of ether oxygens (including phenoxy) is 1. The topological polar surface area (TPSA) is 98.5 Å². The Morgan fingerprint density at radius 2 is 2.03 bits per heavy atom. The summed E-state index contributed by atoms with van der Waals surface area (Å²) in [6, 6.07) is 12.1. The van der Waals surface area contributed by atoms with Crippen molar-refractivity contribution in [3.05, 3.63) is 47.8 Å². The second kappa shape index (κ2) is 11.0. The number of nitrogens with one attached hydrogen (secondary N) is 1. The van der Waals surface area contributed by atoms with Crippen LogP contribution in [-0.2, 0) is 9.53 Å². The van der Waals surface area contributed by atoms with E-state index in [1.54, 1.807) is 12.3 Å². The van der Waals surface area contributed by atoms with Crippen molar-refractivity contribution in [3.63, 3.8) is 0 Å². The fourth-order valence-corrected chi connectivity index (χ4v) is 4.11. The van der Waals surface area contributed by atoms with Gasteiger partial charge in [-0.1, -0.05) is 26.8 Å². The van der Waals surface area contributed by atoms with Crippen molar-refractivity contribution in [3.8, 4) is 6.07 Å². The van der Waals surface area contributed by atoms with Gasteiger partial charge >= 0.3 is 5.97 Å². The number of rotatable bonds is 9. The molecule has 0 amide bonds. The third kappa shape index (κ3) is 6.21. The Hall–Kier alpha value is -3.11. The Balaban J connectivity index is 2.00. The number of carboxylic acid groups (broad SMARTS) is 1. The van der Waals surface area contributed by atoms with Crippen LogP contribution < -0.4 is 10.2 Å². The van der Waals surface area contributed by atoms with Gasteiger partial charge in [-0.25, -0.2) is 4.98 Å². The van der Waals surface area contributed by atoms with Crippen molar-refractivity contribution < 1.29 is 14.6 Å². The molecular formula is C25H32N4O3. The van der Waals surface area contributed by atoms with Crippen LogP contribution in [0, 0.1) is 17.2 Å². The minimum absolute atomic E-state index is 0.0763. The summed E-state index contributed by atoms with van der Waals surface area (Å²) < 4.78 is 5.59. The highest BCUT2D eigenvalue weighted by Crippen LogP contribution is 2.36. The second-order valence-corrected chi connectivity index (χ2v) is 8.83. The summed E-state index contributed by atoms with van der Waals surface area (Å²) >= 11 is 0. The zero-order valence-electron chi connectivity index (χ0n) is 19.0. The summed E-state index contributed by atoms with van der Waals surface area (Å²) in [5.41, 5.74) is 4.12. The van der Waals surface area contributed by atoms with E-state index < -0.39 is 5.97 Å². The van der Waals surface area contributed by atoms with Crippen LogP contribution in [0.5, 0.6) is 0 Å². The summed E-state index contributed by atoms with van der Waals surface area (Å²) in [4.78, 5) is 17.9. The highest BCUT2D eigenvalue weighted by Gasteiger charge is 2.25. The van der Waals surface area contributed by atoms with Crippen molar-refractivity contribution in [1.29, 1.82) is 5.26 Å². The minimum atomic E-state index is -0.809. The molecule has 32 heavy (non-hydrogen) atoms. The Labute approximate surface area is 190 Å². The van der Waals surface area contributed by atoms with Gasteiger partial charge in [0.1, 0.15) is 11.8 Å². The number of aliphatic carboxylic acids is 1. The van der Waals surface area contributed by atoms with E-state index in [-0.39, 0.29) is 12.3 Å². The number of pyridine rings is 1. The maximum Gasteiger partial charge on any atom is 0.303 e. The van der Waals surface area contributed by atoms with E-state index in [4.69, 9.17) is 10.00 Å². The zero-order valence-corrected chi connectivity index (χ0v) is 19.0. The van der Waals surface area contributed by atoms with Crippen molar-refractivity contribution in [1.82, 2.24) is 4.98 Å². The smallest absolute Gasteiger partial charge is 0.303 e. The molecule has 2 heterocycles. The zero-order chi connectivity index (χ0) is 23.1. The SMILES string of the molecule is CC(C)CN(c1ccc([C@H](C)CC(=O)O)cc1Nc1ccc(C#N)nc1)C1CCOCC1. The van der Waals surface area contributed by atoms with Gasteiger partial charge in [0.2, 0.25) is 0 Å². The summed E-state index contributed by atoms with van der Waals surface area (Å²) in [5, 5.41) is 21.7. The van der Waals surface area contributed by atoms with Crippen LogP contribution in [0.25, 0.3) is 0 Å². The first-order valence-corrected chi connectivity index (χ1v) is 11.2. The van der Waals surface area contributed by atoms with Gasteiger partial charge in [-0.2, -0.15) is 5.26 Å². The molecule has 0 aliphatic carbocycles. The fourth-order valence-electron chi connectivity index (χ4n) is 4.11. The lowest BCUT2D eigenvalue weighted by Gasteiger charge is -2.38. The highest BCUT2D eigenvalue weighted by molar-refractivity contribution is 5.77. The first-order chi connectivity index (χ1) is 15.4. The molecule has 1 aliphatic heterocycles. The largest absolute Gasteiger partial charge is 0.481 e. The van der Waals surface area contributed by atoms with Crippen molar-refractivity contribution >= 4 is 23.0 Å². The lowest BCUT2D eigenvalue weighted by atomic mass is 9.95. The lowest BCUT2D eigenvalue weighted by molar-refractivity contribution is -0.137. The van der Waals surface area contributed by atoms with Crippen LogP contribution in [0.15, 0.2) is 36.5 Å². The number of anilines is 3.